The lowest BCUT2D eigenvalue weighted by atomic mass is 10.0. The first-order valence-corrected chi connectivity index (χ1v) is 9.96. The van der Waals surface area contributed by atoms with Crippen LogP contribution in [0.2, 0.25) is 0 Å². The summed E-state index contributed by atoms with van der Waals surface area (Å²) in [6.07, 6.45) is 4.65. The molecule has 1 N–H and O–H groups in total. The van der Waals surface area contributed by atoms with Gasteiger partial charge in [0.25, 0.3) is 0 Å². The van der Waals surface area contributed by atoms with Gasteiger partial charge in [-0.05, 0) is 55.0 Å². The smallest absolute Gasteiger partial charge is 0.127 e. The third kappa shape index (κ3) is 3.53. The molecule has 0 radical (unpaired) electrons. The zero-order valence-electron chi connectivity index (χ0n) is 13.8. The largest absolute Gasteiger partial charge is 0.488 e. The van der Waals surface area contributed by atoms with Gasteiger partial charge >= 0.3 is 0 Å². The summed E-state index contributed by atoms with van der Waals surface area (Å²) in [6.45, 7) is 1.75. The SMILES string of the molecule is O[C@@H]1CN(C2CCSCC2)CC[C@H]1Oc1ccc2ncccc2c1. The van der Waals surface area contributed by atoms with Crippen LogP contribution < -0.4 is 4.74 Å². The lowest BCUT2D eigenvalue weighted by molar-refractivity contribution is -0.0381. The molecule has 1 aromatic carbocycles. The molecule has 2 fully saturated rings. The molecule has 1 aromatic heterocycles. The number of rotatable bonds is 3. The predicted octanol–water partition coefficient (Wildman–Crippen LogP) is 2.94. The Bertz CT molecular complexity index is 690. The summed E-state index contributed by atoms with van der Waals surface area (Å²) in [5.74, 6) is 3.33. The molecule has 0 spiro atoms. The van der Waals surface area contributed by atoms with E-state index in [1.165, 1.54) is 24.3 Å². The molecule has 0 amide bonds. The van der Waals surface area contributed by atoms with E-state index < -0.39 is 6.10 Å². The number of piperidine rings is 1. The van der Waals surface area contributed by atoms with Crippen LogP contribution in [0.4, 0.5) is 0 Å². The highest BCUT2D eigenvalue weighted by Crippen LogP contribution is 2.27. The molecule has 24 heavy (non-hydrogen) atoms. The van der Waals surface area contributed by atoms with Crippen molar-refractivity contribution < 1.29 is 9.84 Å². The molecule has 4 nitrogen and oxygen atoms in total. The van der Waals surface area contributed by atoms with E-state index in [0.29, 0.717) is 6.04 Å². The molecule has 128 valence electrons. The van der Waals surface area contributed by atoms with Gasteiger partial charge in [0.1, 0.15) is 18.0 Å². The molecular weight excluding hydrogens is 320 g/mol. The zero-order chi connectivity index (χ0) is 16.4. The molecule has 0 aliphatic carbocycles. The monoisotopic (exact) mass is 344 g/mol. The number of β-amino-alcohol motifs (C(OH)–C–C–N with tert-alkyl or cyclic N) is 1. The highest BCUT2D eigenvalue weighted by Gasteiger charge is 2.33. The summed E-state index contributed by atoms with van der Waals surface area (Å²) >= 11 is 2.05. The summed E-state index contributed by atoms with van der Waals surface area (Å²) in [5.41, 5.74) is 0.968. The summed E-state index contributed by atoms with van der Waals surface area (Å²) in [4.78, 5) is 6.80. The van der Waals surface area contributed by atoms with Gasteiger partial charge in [-0.3, -0.25) is 9.88 Å². The molecule has 0 saturated carbocycles. The normalized spacial score (nSPS) is 26.5. The van der Waals surface area contributed by atoms with Gasteiger partial charge < -0.3 is 9.84 Å². The van der Waals surface area contributed by atoms with Crippen molar-refractivity contribution in [2.45, 2.75) is 37.5 Å². The van der Waals surface area contributed by atoms with Gasteiger partial charge in [0.15, 0.2) is 0 Å². The topological polar surface area (TPSA) is 45.6 Å². The standard InChI is InChI=1S/C19H24N2O2S/c22-18-13-21(15-6-10-24-11-7-15)9-5-19(18)23-16-3-4-17-14(12-16)2-1-8-20-17/h1-4,8,12,15,18-19,22H,5-7,9-11,13H2/t18-,19-/m1/s1. The van der Waals surface area contributed by atoms with Crippen LogP contribution in [0.1, 0.15) is 19.3 Å². The third-order valence-electron chi connectivity index (χ3n) is 5.12. The minimum atomic E-state index is -0.419. The van der Waals surface area contributed by atoms with Gasteiger partial charge in [-0.25, -0.2) is 0 Å². The average molecular weight is 344 g/mol. The number of pyridine rings is 1. The highest BCUT2D eigenvalue weighted by molar-refractivity contribution is 7.99. The molecule has 2 aliphatic heterocycles. The van der Waals surface area contributed by atoms with Crippen molar-refractivity contribution in [3.63, 3.8) is 0 Å². The first-order chi connectivity index (χ1) is 11.8. The Balaban J connectivity index is 1.39. The molecule has 2 atom stereocenters. The third-order valence-corrected chi connectivity index (χ3v) is 6.17. The van der Waals surface area contributed by atoms with Crippen LogP contribution in [0.15, 0.2) is 36.5 Å². The maximum Gasteiger partial charge on any atom is 0.127 e. The second-order valence-electron chi connectivity index (χ2n) is 6.71. The highest BCUT2D eigenvalue weighted by atomic mass is 32.2. The van der Waals surface area contributed by atoms with E-state index in [1.54, 1.807) is 6.20 Å². The number of benzene rings is 1. The summed E-state index contributed by atoms with van der Waals surface area (Å²) < 4.78 is 6.10. The predicted molar refractivity (Wildman–Crippen MR) is 98.7 cm³/mol. The van der Waals surface area contributed by atoms with Crippen LogP contribution in [0, 0.1) is 0 Å². The number of thioether (sulfide) groups is 1. The van der Waals surface area contributed by atoms with Gasteiger partial charge in [0.05, 0.1) is 5.52 Å². The van der Waals surface area contributed by atoms with Crippen molar-refractivity contribution >= 4 is 22.7 Å². The number of nitrogens with zero attached hydrogens (tertiary/aromatic N) is 2. The fourth-order valence-electron chi connectivity index (χ4n) is 3.76. The minimum Gasteiger partial charge on any atom is -0.488 e. The fourth-order valence-corrected chi connectivity index (χ4v) is 4.84. The molecule has 4 rings (SSSR count). The van der Waals surface area contributed by atoms with Crippen molar-refractivity contribution in [1.29, 1.82) is 0 Å². The number of aromatic nitrogens is 1. The van der Waals surface area contributed by atoms with Crippen molar-refractivity contribution in [3.8, 4) is 5.75 Å². The summed E-state index contributed by atoms with van der Waals surface area (Å²) in [5, 5.41) is 11.6. The van der Waals surface area contributed by atoms with Crippen LogP contribution in [-0.4, -0.2) is 57.8 Å². The lowest BCUT2D eigenvalue weighted by Gasteiger charge is -2.41. The lowest BCUT2D eigenvalue weighted by Crippen LogP contribution is -2.53. The van der Waals surface area contributed by atoms with Crippen molar-refractivity contribution in [3.05, 3.63) is 36.5 Å². The van der Waals surface area contributed by atoms with E-state index in [9.17, 15) is 5.11 Å². The van der Waals surface area contributed by atoms with E-state index in [1.807, 2.05) is 42.1 Å². The summed E-state index contributed by atoms with van der Waals surface area (Å²) in [6, 6.07) is 10.6. The number of fused-ring (bicyclic) bond motifs is 1. The number of hydrogen-bond acceptors (Lipinski definition) is 5. The second kappa shape index (κ2) is 7.30. The van der Waals surface area contributed by atoms with Crippen LogP contribution in [0.3, 0.4) is 0 Å². The number of aliphatic hydroxyl groups excluding tert-OH is 1. The molecule has 3 heterocycles. The average Bonchev–Trinajstić information content (AvgIpc) is 2.64. The maximum atomic E-state index is 10.6. The Hall–Kier alpha value is -1.30. The van der Waals surface area contributed by atoms with Crippen LogP contribution in [-0.2, 0) is 0 Å². The molecule has 2 aromatic rings. The van der Waals surface area contributed by atoms with E-state index >= 15 is 0 Å². The Morgan fingerprint density at radius 2 is 2.04 bits per heavy atom. The first kappa shape index (κ1) is 16.2. The molecule has 5 heteroatoms. The summed E-state index contributed by atoms with van der Waals surface area (Å²) in [7, 11) is 0. The van der Waals surface area contributed by atoms with Gasteiger partial charge in [0, 0.05) is 30.7 Å². The molecule has 2 aliphatic rings. The van der Waals surface area contributed by atoms with E-state index in [0.717, 1.165) is 36.2 Å². The Morgan fingerprint density at radius 3 is 2.88 bits per heavy atom. The van der Waals surface area contributed by atoms with Gasteiger partial charge in [-0.1, -0.05) is 6.07 Å². The van der Waals surface area contributed by atoms with Gasteiger partial charge in [0.2, 0.25) is 0 Å². The number of hydrogen-bond donors (Lipinski definition) is 1. The van der Waals surface area contributed by atoms with Crippen molar-refractivity contribution in [1.82, 2.24) is 9.88 Å². The second-order valence-corrected chi connectivity index (χ2v) is 7.93. The van der Waals surface area contributed by atoms with Gasteiger partial charge in [-0.2, -0.15) is 11.8 Å². The Morgan fingerprint density at radius 1 is 1.17 bits per heavy atom. The number of ether oxygens (including phenoxy) is 1. The van der Waals surface area contributed by atoms with Crippen molar-refractivity contribution in [2.75, 3.05) is 24.6 Å². The number of aliphatic hydroxyl groups is 1. The quantitative estimate of drug-likeness (QED) is 0.927. The molecule has 0 unspecified atom stereocenters. The molecule has 0 bridgehead atoms. The first-order valence-electron chi connectivity index (χ1n) is 8.81. The van der Waals surface area contributed by atoms with Gasteiger partial charge in [-0.15, -0.1) is 0 Å². The van der Waals surface area contributed by atoms with Crippen molar-refractivity contribution in [2.24, 2.45) is 0 Å². The minimum absolute atomic E-state index is 0.117. The van der Waals surface area contributed by atoms with Crippen LogP contribution >= 0.6 is 11.8 Å². The Labute approximate surface area is 147 Å². The zero-order valence-corrected chi connectivity index (χ0v) is 14.6. The Kier molecular flexibility index (Phi) is 4.92. The maximum absolute atomic E-state index is 10.6. The van der Waals surface area contributed by atoms with Crippen LogP contribution in [0.5, 0.6) is 5.75 Å². The van der Waals surface area contributed by atoms with E-state index in [4.69, 9.17) is 4.74 Å². The molecule has 2 saturated heterocycles. The van der Waals surface area contributed by atoms with E-state index in [-0.39, 0.29) is 6.10 Å². The van der Waals surface area contributed by atoms with Crippen LogP contribution in [0.25, 0.3) is 10.9 Å². The molecular formula is C19H24N2O2S. The number of likely N-dealkylation sites (tertiary alicyclic amines) is 1. The van der Waals surface area contributed by atoms with E-state index in [2.05, 4.69) is 9.88 Å². The fraction of sp³-hybridized carbons (Fsp3) is 0.526.